The standard InChI is InChI=1S/C25H38O3/c1-3-5-6-7-8-9-10-11-12-13-14-15-16-17-18-19-20-21-22-24(25(26)27)28-23-4-2/h5-6,8-9,11-12,14-15,17-18,20-21,24H,3-4,7,10,13,16,19,22-23H2,1-2H3,(H,26,27)/b6-5-,9-8+,12-11+,15-14+,18-17+,21-20+. The van der Waals surface area contributed by atoms with Crippen molar-refractivity contribution in [3.8, 4) is 0 Å². The molecular formula is C25H38O3. The minimum absolute atomic E-state index is 0.417. The van der Waals surface area contributed by atoms with E-state index in [4.69, 9.17) is 9.84 Å². The third-order valence-electron chi connectivity index (χ3n) is 3.75. The summed E-state index contributed by atoms with van der Waals surface area (Å²) in [5.74, 6) is -0.895. The van der Waals surface area contributed by atoms with Gasteiger partial charge in [-0.2, -0.15) is 0 Å². The van der Waals surface area contributed by atoms with Gasteiger partial charge in [0, 0.05) is 13.0 Å². The first kappa shape index (κ1) is 25.9. The van der Waals surface area contributed by atoms with Gasteiger partial charge in [-0.25, -0.2) is 4.79 Å². The third-order valence-corrected chi connectivity index (χ3v) is 3.75. The Hall–Kier alpha value is -2.13. The zero-order chi connectivity index (χ0) is 20.7. The zero-order valence-electron chi connectivity index (χ0n) is 17.6. The summed E-state index contributed by atoms with van der Waals surface area (Å²) in [4.78, 5) is 11.0. The lowest BCUT2D eigenvalue weighted by Gasteiger charge is -2.10. The Balaban J connectivity index is 3.73. The Morgan fingerprint density at radius 1 is 0.714 bits per heavy atom. The summed E-state index contributed by atoms with van der Waals surface area (Å²) in [5, 5.41) is 9.05. The van der Waals surface area contributed by atoms with E-state index >= 15 is 0 Å². The summed E-state index contributed by atoms with van der Waals surface area (Å²) in [6, 6.07) is 0. The van der Waals surface area contributed by atoms with Crippen molar-refractivity contribution >= 4 is 5.97 Å². The molecule has 0 aromatic rings. The fourth-order valence-corrected chi connectivity index (χ4v) is 2.24. The van der Waals surface area contributed by atoms with Crippen molar-refractivity contribution in [3.63, 3.8) is 0 Å². The Morgan fingerprint density at radius 2 is 1.11 bits per heavy atom. The molecule has 156 valence electrons. The van der Waals surface area contributed by atoms with Crippen molar-refractivity contribution in [1.82, 2.24) is 0 Å². The SMILES string of the molecule is CC/C=C\C/C=C/C/C=C/C/C=C/C/C=C/C/C=C/CC(OCCC)C(=O)O. The first-order valence-corrected chi connectivity index (χ1v) is 10.5. The Bertz CT molecular complexity index is 536. The number of ether oxygens (including phenoxy) is 1. The molecule has 0 heterocycles. The largest absolute Gasteiger partial charge is 0.479 e. The van der Waals surface area contributed by atoms with Gasteiger partial charge in [0.1, 0.15) is 0 Å². The van der Waals surface area contributed by atoms with E-state index in [0.29, 0.717) is 13.0 Å². The van der Waals surface area contributed by atoms with Crippen molar-refractivity contribution in [2.45, 2.75) is 71.3 Å². The van der Waals surface area contributed by atoms with Gasteiger partial charge < -0.3 is 9.84 Å². The second kappa shape index (κ2) is 21.2. The molecule has 3 nitrogen and oxygen atoms in total. The Labute approximate surface area is 171 Å². The van der Waals surface area contributed by atoms with Crippen molar-refractivity contribution in [2.75, 3.05) is 6.61 Å². The molecule has 0 aromatic heterocycles. The maximum absolute atomic E-state index is 11.0. The molecule has 1 unspecified atom stereocenters. The van der Waals surface area contributed by atoms with Crippen LogP contribution in [0.3, 0.4) is 0 Å². The number of rotatable bonds is 17. The third kappa shape index (κ3) is 18.7. The molecule has 0 radical (unpaired) electrons. The van der Waals surface area contributed by atoms with Gasteiger partial charge in [0.25, 0.3) is 0 Å². The van der Waals surface area contributed by atoms with Crippen LogP contribution in [0.4, 0.5) is 0 Å². The fraction of sp³-hybridized carbons (Fsp3) is 0.480. The summed E-state index contributed by atoms with van der Waals surface area (Å²) in [5.41, 5.74) is 0. The van der Waals surface area contributed by atoms with Gasteiger partial charge in [-0.15, -0.1) is 0 Å². The molecule has 1 N–H and O–H groups in total. The lowest BCUT2D eigenvalue weighted by Crippen LogP contribution is -2.23. The summed E-state index contributed by atoms with van der Waals surface area (Å²) in [6.07, 6.45) is 31.9. The lowest BCUT2D eigenvalue weighted by molar-refractivity contribution is -0.150. The highest BCUT2D eigenvalue weighted by atomic mass is 16.5. The van der Waals surface area contributed by atoms with Crippen LogP contribution in [0.2, 0.25) is 0 Å². The summed E-state index contributed by atoms with van der Waals surface area (Å²) < 4.78 is 5.30. The van der Waals surface area contributed by atoms with Crippen LogP contribution >= 0.6 is 0 Å². The maximum atomic E-state index is 11.0. The fourth-order valence-electron chi connectivity index (χ4n) is 2.24. The first-order valence-electron chi connectivity index (χ1n) is 10.5. The second-order valence-corrected chi connectivity index (χ2v) is 6.35. The number of hydrogen-bond donors (Lipinski definition) is 1. The molecule has 0 bridgehead atoms. The van der Waals surface area contributed by atoms with E-state index in [-0.39, 0.29) is 0 Å². The van der Waals surface area contributed by atoms with Crippen LogP contribution in [0.1, 0.15) is 65.2 Å². The molecule has 0 rings (SSSR count). The topological polar surface area (TPSA) is 46.5 Å². The van der Waals surface area contributed by atoms with Crippen LogP contribution in [-0.4, -0.2) is 23.8 Å². The van der Waals surface area contributed by atoms with Crippen molar-refractivity contribution < 1.29 is 14.6 Å². The van der Waals surface area contributed by atoms with E-state index in [9.17, 15) is 4.79 Å². The maximum Gasteiger partial charge on any atom is 0.333 e. The minimum atomic E-state index is -0.895. The van der Waals surface area contributed by atoms with Gasteiger partial charge in [-0.1, -0.05) is 86.8 Å². The molecule has 0 spiro atoms. The van der Waals surface area contributed by atoms with Gasteiger partial charge in [0.2, 0.25) is 0 Å². The monoisotopic (exact) mass is 386 g/mol. The normalized spacial score (nSPS) is 14.1. The number of carboxylic acid groups (broad SMARTS) is 1. The van der Waals surface area contributed by atoms with Crippen LogP contribution in [0, 0.1) is 0 Å². The first-order chi connectivity index (χ1) is 13.7. The molecule has 1 atom stereocenters. The number of allylic oxidation sites excluding steroid dienone is 11. The highest BCUT2D eigenvalue weighted by molar-refractivity contribution is 5.72. The van der Waals surface area contributed by atoms with Gasteiger partial charge in [0.05, 0.1) is 0 Å². The highest BCUT2D eigenvalue weighted by Crippen LogP contribution is 2.03. The van der Waals surface area contributed by atoms with Crippen LogP contribution in [0.5, 0.6) is 0 Å². The average Bonchev–Trinajstić information content (AvgIpc) is 2.69. The zero-order valence-corrected chi connectivity index (χ0v) is 17.6. The van der Waals surface area contributed by atoms with Crippen molar-refractivity contribution in [1.29, 1.82) is 0 Å². The number of carboxylic acids is 1. The summed E-state index contributed by atoms with van der Waals surface area (Å²) in [6.45, 7) is 4.60. The summed E-state index contributed by atoms with van der Waals surface area (Å²) in [7, 11) is 0. The van der Waals surface area contributed by atoms with E-state index in [1.807, 2.05) is 19.1 Å². The summed E-state index contributed by atoms with van der Waals surface area (Å²) >= 11 is 0. The van der Waals surface area contributed by atoms with Crippen LogP contribution in [0.25, 0.3) is 0 Å². The van der Waals surface area contributed by atoms with Crippen LogP contribution in [-0.2, 0) is 9.53 Å². The molecule has 0 aliphatic carbocycles. The van der Waals surface area contributed by atoms with Crippen molar-refractivity contribution in [2.24, 2.45) is 0 Å². The molecule has 0 aliphatic heterocycles. The molecule has 0 amide bonds. The Morgan fingerprint density at radius 3 is 1.46 bits per heavy atom. The number of hydrogen-bond acceptors (Lipinski definition) is 2. The van der Waals surface area contributed by atoms with E-state index < -0.39 is 12.1 Å². The lowest BCUT2D eigenvalue weighted by atomic mass is 10.2. The molecule has 0 saturated heterocycles. The molecule has 0 aliphatic rings. The van der Waals surface area contributed by atoms with Crippen molar-refractivity contribution in [3.05, 3.63) is 72.9 Å². The van der Waals surface area contributed by atoms with E-state index in [2.05, 4.69) is 67.7 Å². The molecular weight excluding hydrogens is 348 g/mol. The van der Waals surface area contributed by atoms with E-state index in [1.54, 1.807) is 0 Å². The predicted octanol–water partition coefficient (Wildman–Crippen LogP) is 6.95. The molecule has 28 heavy (non-hydrogen) atoms. The quantitative estimate of drug-likeness (QED) is 0.275. The molecule has 0 aromatic carbocycles. The second-order valence-electron chi connectivity index (χ2n) is 6.35. The Kier molecular flexibility index (Phi) is 19.6. The van der Waals surface area contributed by atoms with Gasteiger partial charge in [-0.05, 0) is 44.9 Å². The van der Waals surface area contributed by atoms with Gasteiger partial charge in [0.15, 0.2) is 6.10 Å². The smallest absolute Gasteiger partial charge is 0.333 e. The minimum Gasteiger partial charge on any atom is -0.479 e. The van der Waals surface area contributed by atoms with E-state index in [0.717, 1.165) is 44.9 Å². The van der Waals surface area contributed by atoms with Gasteiger partial charge >= 0.3 is 5.97 Å². The average molecular weight is 387 g/mol. The number of carbonyl (C=O) groups is 1. The highest BCUT2D eigenvalue weighted by Gasteiger charge is 2.15. The molecule has 3 heteroatoms. The van der Waals surface area contributed by atoms with Gasteiger partial charge in [-0.3, -0.25) is 0 Å². The van der Waals surface area contributed by atoms with E-state index in [1.165, 1.54) is 0 Å². The molecule has 0 saturated carbocycles. The predicted molar refractivity (Wildman–Crippen MR) is 120 cm³/mol. The van der Waals surface area contributed by atoms with Crippen LogP contribution in [0.15, 0.2) is 72.9 Å². The number of aliphatic carboxylic acids is 1. The molecule has 0 fully saturated rings. The van der Waals surface area contributed by atoms with Crippen LogP contribution < -0.4 is 0 Å².